The zero-order chi connectivity index (χ0) is 20.5. The smallest absolute Gasteiger partial charge is 0.115 e. The van der Waals surface area contributed by atoms with Gasteiger partial charge in [-0.1, -0.05) is 45.9 Å². The van der Waals surface area contributed by atoms with Crippen LogP contribution in [0, 0.1) is 41.9 Å². The van der Waals surface area contributed by atoms with Crippen molar-refractivity contribution in [2.45, 2.75) is 79.2 Å². The van der Waals surface area contributed by atoms with Gasteiger partial charge in [0.05, 0.1) is 6.10 Å². The second-order valence-electron chi connectivity index (χ2n) is 10.2. The SMILES string of the molecule is Cc1ccc(O)cc1CC[C@@H]1[C@@H](O)CC[C@]2(C)[C@@H]([C@H](C)/C=C/C(C)C)CC[C@@H]12. The third-order valence-electron chi connectivity index (χ3n) is 7.99. The largest absolute Gasteiger partial charge is 0.508 e. The van der Waals surface area contributed by atoms with Crippen LogP contribution >= 0.6 is 0 Å². The van der Waals surface area contributed by atoms with Gasteiger partial charge < -0.3 is 10.2 Å². The maximum atomic E-state index is 10.9. The van der Waals surface area contributed by atoms with E-state index in [9.17, 15) is 10.2 Å². The molecule has 0 unspecified atom stereocenters. The lowest BCUT2D eigenvalue weighted by atomic mass is 9.58. The Labute approximate surface area is 172 Å². The first-order valence-corrected chi connectivity index (χ1v) is 11.4. The van der Waals surface area contributed by atoms with Gasteiger partial charge in [-0.3, -0.25) is 0 Å². The summed E-state index contributed by atoms with van der Waals surface area (Å²) in [5.41, 5.74) is 2.81. The lowest BCUT2D eigenvalue weighted by Crippen LogP contribution is -2.45. The minimum atomic E-state index is -0.170. The van der Waals surface area contributed by atoms with Crippen molar-refractivity contribution < 1.29 is 10.2 Å². The van der Waals surface area contributed by atoms with E-state index >= 15 is 0 Å². The van der Waals surface area contributed by atoms with Crippen LogP contribution in [0.4, 0.5) is 0 Å². The Hall–Kier alpha value is -1.28. The third-order valence-corrected chi connectivity index (χ3v) is 7.99. The number of aliphatic hydroxyl groups excluding tert-OH is 1. The molecule has 0 aliphatic heterocycles. The van der Waals surface area contributed by atoms with Crippen LogP contribution in [-0.4, -0.2) is 16.3 Å². The maximum absolute atomic E-state index is 10.9. The van der Waals surface area contributed by atoms with Gasteiger partial charge in [0.15, 0.2) is 0 Å². The molecule has 6 atom stereocenters. The number of benzene rings is 1. The van der Waals surface area contributed by atoms with Crippen molar-refractivity contribution in [3.63, 3.8) is 0 Å². The molecule has 0 spiro atoms. The maximum Gasteiger partial charge on any atom is 0.115 e. The Balaban J connectivity index is 1.74. The lowest BCUT2D eigenvalue weighted by Gasteiger charge is -2.48. The van der Waals surface area contributed by atoms with E-state index in [2.05, 4.69) is 46.8 Å². The summed E-state index contributed by atoms with van der Waals surface area (Å²) in [6.45, 7) is 11.5. The molecule has 1 aromatic rings. The summed E-state index contributed by atoms with van der Waals surface area (Å²) in [6, 6.07) is 5.67. The highest BCUT2D eigenvalue weighted by molar-refractivity contribution is 5.34. The van der Waals surface area contributed by atoms with Crippen molar-refractivity contribution in [2.75, 3.05) is 0 Å². The van der Waals surface area contributed by atoms with Gasteiger partial charge in [-0.15, -0.1) is 0 Å². The highest BCUT2D eigenvalue weighted by atomic mass is 16.3. The van der Waals surface area contributed by atoms with E-state index in [0.717, 1.165) is 31.6 Å². The molecular weight excluding hydrogens is 344 g/mol. The van der Waals surface area contributed by atoms with Gasteiger partial charge in [0.2, 0.25) is 0 Å². The van der Waals surface area contributed by atoms with Crippen LogP contribution < -0.4 is 0 Å². The summed E-state index contributed by atoms with van der Waals surface area (Å²) in [5, 5.41) is 20.7. The molecule has 3 rings (SSSR count). The summed E-state index contributed by atoms with van der Waals surface area (Å²) >= 11 is 0. The summed E-state index contributed by atoms with van der Waals surface area (Å²) in [6.07, 6.45) is 11.2. The Morgan fingerprint density at radius 1 is 1.14 bits per heavy atom. The predicted octanol–water partition coefficient (Wildman–Crippen LogP) is 6.28. The van der Waals surface area contributed by atoms with Gasteiger partial charge in [-0.05, 0) is 104 Å². The van der Waals surface area contributed by atoms with Crippen molar-refractivity contribution in [3.8, 4) is 5.75 Å². The van der Waals surface area contributed by atoms with Crippen LogP contribution in [-0.2, 0) is 6.42 Å². The van der Waals surface area contributed by atoms with Crippen molar-refractivity contribution in [2.24, 2.45) is 35.0 Å². The van der Waals surface area contributed by atoms with E-state index in [1.165, 1.54) is 24.0 Å². The Bertz CT molecular complexity index is 692. The van der Waals surface area contributed by atoms with Gasteiger partial charge in [-0.2, -0.15) is 0 Å². The van der Waals surface area contributed by atoms with Gasteiger partial charge in [-0.25, -0.2) is 0 Å². The molecule has 2 aliphatic rings. The van der Waals surface area contributed by atoms with Gasteiger partial charge in [0, 0.05) is 0 Å². The number of rotatable bonds is 6. The van der Waals surface area contributed by atoms with Crippen molar-refractivity contribution in [3.05, 3.63) is 41.5 Å². The molecule has 0 radical (unpaired) electrons. The van der Waals surface area contributed by atoms with Gasteiger partial charge in [0.1, 0.15) is 5.75 Å². The molecule has 0 heterocycles. The average Bonchev–Trinajstić information content (AvgIpc) is 2.99. The van der Waals surface area contributed by atoms with Crippen LogP contribution in [0.5, 0.6) is 5.75 Å². The van der Waals surface area contributed by atoms with E-state index in [1.54, 1.807) is 6.07 Å². The van der Waals surface area contributed by atoms with Crippen molar-refractivity contribution in [1.29, 1.82) is 0 Å². The summed E-state index contributed by atoms with van der Waals surface area (Å²) in [4.78, 5) is 0. The van der Waals surface area contributed by atoms with E-state index in [4.69, 9.17) is 0 Å². The summed E-state index contributed by atoms with van der Waals surface area (Å²) in [7, 11) is 0. The zero-order valence-electron chi connectivity index (χ0n) is 18.5. The normalized spacial score (nSPS) is 34.1. The molecule has 2 nitrogen and oxygen atoms in total. The fraction of sp³-hybridized carbons (Fsp3) is 0.692. The molecule has 1 aromatic carbocycles. The Morgan fingerprint density at radius 2 is 1.89 bits per heavy atom. The molecule has 28 heavy (non-hydrogen) atoms. The Kier molecular flexibility index (Phi) is 6.59. The Morgan fingerprint density at radius 3 is 2.61 bits per heavy atom. The van der Waals surface area contributed by atoms with Crippen molar-refractivity contribution in [1.82, 2.24) is 0 Å². The fourth-order valence-electron chi connectivity index (χ4n) is 6.35. The van der Waals surface area contributed by atoms with Gasteiger partial charge in [0.25, 0.3) is 0 Å². The fourth-order valence-corrected chi connectivity index (χ4v) is 6.35. The minimum Gasteiger partial charge on any atom is -0.508 e. The van der Waals surface area contributed by atoms with Crippen LogP contribution in [0.2, 0.25) is 0 Å². The first-order valence-electron chi connectivity index (χ1n) is 11.4. The number of phenolic OH excluding ortho intramolecular Hbond substituents is 1. The molecule has 0 aromatic heterocycles. The molecule has 0 saturated heterocycles. The first-order chi connectivity index (χ1) is 13.2. The first kappa shape index (κ1) is 21.4. The van der Waals surface area contributed by atoms with Crippen LogP contribution in [0.25, 0.3) is 0 Å². The number of hydrogen-bond acceptors (Lipinski definition) is 2. The second-order valence-corrected chi connectivity index (χ2v) is 10.2. The molecule has 0 bridgehead atoms. The third kappa shape index (κ3) is 4.32. The molecule has 2 fully saturated rings. The van der Waals surface area contributed by atoms with E-state index in [-0.39, 0.29) is 6.10 Å². The quantitative estimate of drug-likeness (QED) is 0.566. The molecule has 2 N–H and O–H groups in total. The standard InChI is InChI=1S/C26H40O2/c1-17(2)6-7-19(4)23-12-13-24-22(25(28)14-15-26(23,24)5)11-9-20-16-21(27)10-8-18(20)3/h6-8,10,16-17,19,22-25,27-28H,9,11-15H2,1-5H3/b7-6+/t19-,22+,23-,24+,25+,26-/m1/s1. The number of allylic oxidation sites excluding steroid dienone is 2. The van der Waals surface area contributed by atoms with Crippen molar-refractivity contribution >= 4 is 0 Å². The highest BCUT2D eigenvalue weighted by Crippen LogP contribution is 2.60. The number of aliphatic hydroxyl groups is 1. The molecular formula is C26H40O2. The summed E-state index contributed by atoms with van der Waals surface area (Å²) < 4.78 is 0. The highest BCUT2D eigenvalue weighted by Gasteiger charge is 2.54. The number of phenols is 1. The monoisotopic (exact) mass is 384 g/mol. The van der Waals surface area contributed by atoms with Crippen LogP contribution in [0.15, 0.2) is 30.4 Å². The number of fused-ring (bicyclic) bond motifs is 1. The predicted molar refractivity (Wildman–Crippen MR) is 117 cm³/mol. The number of aryl methyl sites for hydroxylation is 2. The van der Waals surface area contributed by atoms with E-state index in [1.807, 2.05) is 12.1 Å². The molecule has 2 heteroatoms. The van der Waals surface area contributed by atoms with E-state index in [0.29, 0.717) is 34.8 Å². The molecule has 2 saturated carbocycles. The summed E-state index contributed by atoms with van der Waals surface area (Å²) in [5.74, 6) is 3.30. The van der Waals surface area contributed by atoms with Gasteiger partial charge >= 0.3 is 0 Å². The zero-order valence-corrected chi connectivity index (χ0v) is 18.5. The molecule has 2 aliphatic carbocycles. The van der Waals surface area contributed by atoms with Crippen LogP contribution in [0.1, 0.15) is 70.9 Å². The number of hydrogen-bond donors (Lipinski definition) is 2. The topological polar surface area (TPSA) is 40.5 Å². The molecule has 156 valence electrons. The number of aromatic hydroxyl groups is 1. The lowest BCUT2D eigenvalue weighted by molar-refractivity contribution is -0.0493. The van der Waals surface area contributed by atoms with Crippen LogP contribution in [0.3, 0.4) is 0 Å². The van der Waals surface area contributed by atoms with E-state index < -0.39 is 0 Å². The minimum absolute atomic E-state index is 0.170. The second kappa shape index (κ2) is 8.61. The average molecular weight is 385 g/mol. The molecule has 0 amide bonds.